The molecule has 0 aromatic carbocycles. The molecule has 0 spiro atoms. The van der Waals surface area contributed by atoms with Gasteiger partial charge in [0, 0.05) is 36.8 Å². The van der Waals surface area contributed by atoms with E-state index in [1.54, 1.807) is 10.9 Å². The Kier molecular flexibility index (Phi) is 4.80. The predicted molar refractivity (Wildman–Crippen MR) is 92.4 cm³/mol. The van der Waals surface area contributed by atoms with Crippen molar-refractivity contribution in [1.29, 1.82) is 0 Å². The summed E-state index contributed by atoms with van der Waals surface area (Å²) in [4.78, 5) is 19.5. The normalized spacial score (nSPS) is 21.3. The van der Waals surface area contributed by atoms with Gasteiger partial charge >= 0.3 is 0 Å². The van der Waals surface area contributed by atoms with Gasteiger partial charge in [0.2, 0.25) is 0 Å². The molecule has 6 heteroatoms. The second kappa shape index (κ2) is 6.83. The molecule has 3 rings (SSSR count). The highest BCUT2D eigenvalue weighted by atomic mass is 32.1. The average molecular weight is 332 g/mol. The molecular formula is C17H24N4OS. The fourth-order valence-corrected chi connectivity index (χ4v) is 4.24. The molecule has 0 radical (unpaired) electrons. The summed E-state index contributed by atoms with van der Waals surface area (Å²) in [6, 6.07) is 0.352. The van der Waals surface area contributed by atoms with E-state index in [1.165, 1.54) is 30.6 Å². The van der Waals surface area contributed by atoms with Gasteiger partial charge in [0.25, 0.3) is 5.91 Å². The number of thiazole rings is 1. The van der Waals surface area contributed by atoms with E-state index in [9.17, 15) is 4.79 Å². The van der Waals surface area contributed by atoms with Gasteiger partial charge in [0.15, 0.2) is 0 Å². The van der Waals surface area contributed by atoms with E-state index in [0.717, 1.165) is 23.5 Å². The zero-order valence-electron chi connectivity index (χ0n) is 14.0. The number of aromatic nitrogens is 3. The Morgan fingerprint density at radius 3 is 2.87 bits per heavy atom. The van der Waals surface area contributed by atoms with Crippen molar-refractivity contribution < 1.29 is 4.79 Å². The SMILES string of the molecule is CCN(C(=O)c1csc(-c2cnn(C)c2)n1)[C@H]1CCCC[C@H]1C. The van der Waals surface area contributed by atoms with Crippen LogP contribution in [0.15, 0.2) is 17.8 Å². The smallest absolute Gasteiger partial charge is 0.273 e. The monoisotopic (exact) mass is 332 g/mol. The summed E-state index contributed by atoms with van der Waals surface area (Å²) in [6.45, 7) is 5.07. The second-order valence-corrected chi connectivity index (χ2v) is 7.22. The molecule has 2 aromatic heterocycles. The van der Waals surface area contributed by atoms with Crippen LogP contribution in [0.4, 0.5) is 0 Å². The van der Waals surface area contributed by atoms with E-state index in [1.807, 2.05) is 23.5 Å². The summed E-state index contributed by atoms with van der Waals surface area (Å²) in [7, 11) is 1.88. The third-order valence-corrected chi connectivity index (χ3v) is 5.63. The fourth-order valence-electron chi connectivity index (χ4n) is 3.47. The molecule has 0 N–H and O–H groups in total. The molecule has 2 heterocycles. The summed E-state index contributed by atoms with van der Waals surface area (Å²) < 4.78 is 1.75. The van der Waals surface area contributed by atoms with Gasteiger partial charge in [-0.2, -0.15) is 5.10 Å². The maximum absolute atomic E-state index is 12.9. The maximum Gasteiger partial charge on any atom is 0.273 e. The average Bonchev–Trinajstić information content (AvgIpc) is 3.18. The van der Waals surface area contributed by atoms with Crippen molar-refractivity contribution in [1.82, 2.24) is 19.7 Å². The van der Waals surface area contributed by atoms with Gasteiger partial charge in [0.1, 0.15) is 10.7 Å². The standard InChI is InChI=1S/C17H24N4OS/c1-4-21(15-8-6-5-7-12(15)2)17(22)14-11-23-16(19-14)13-9-18-20(3)10-13/h9-12,15H,4-8H2,1-3H3/t12-,15+/m1/s1. The van der Waals surface area contributed by atoms with Crippen LogP contribution in [0.2, 0.25) is 0 Å². The maximum atomic E-state index is 12.9. The van der Waals surface area contributed by atoms with Gasteiger partial charge in [-0.05, 0) is 25.7 Å². The lowest BCUT2D eigenvalue weighted by atomic mass is 9.84. The van der Waals surface area contributed by atoms with Crippen molar-refractivity contribution in [2.75, 3.05) is 6.54 Å². The first-order valence-electron chi connectivity index (χ1n) is 8.35. The van der Waals surface area contributed by atoms with Crippen LogP contribution in [0.3, 0.4) is 0 Å². The molecule has 2 aromatic rings. The van der Waals surface area contributed by atoms with Gasteiger partial charge in [-0.15, -0.1) is 11.3 Å². The Balaban J connectivity index is 1.80. The van der Waals surface area contributed by atoms with E-state index in [-0.39, 0.29) is 5.91 Å². The number of carbonyl (C=O) groups excluding carboxylic acids is 1. The summed E-state index contributed by atoms with van der Waals surface area (Å²) in [5.74, 6) is 0.640. The summed E-state index contributed by atoms with van der Waals surface area (Å²) in [6.07, 6.45) is 8.54. The molecule has 1 fully saturated rings. The largest absolute Gasteiger partial charge is 0.334 e. The lowest BCUT2D eigenvalue weighted by Gasteiger charge is -2.37. The zero-order chi connectivity index (χ0) is 16.4. The van der Waals surface area contributed by atoms with Crippen molar-refractivity contribution in [2.24, 2.45) is 13.0 Å². The first kappa shape index (κ1) is 16.2. The highest BCUT2D eigenvalue weighted by Crippen LogP contribution is 2.30. The second-order valence-electron chi connectivity index (χ2n) is 6.36. The highest BCUT2D eigenvalue weighted by molar-refractivity contribution is 7.13. The Morgan fingerprint density at radius 2 is 2.22 bits per heavy atom. The molecule has 1 aliphatic carbocycles. The quantitative estimate of drug-likeness (QED) is 0.860. The third-order valence-electron chi connectivity index (χ3n) is 4.74. The van der Waals surface area contributed by atoms with Crippen LogP contribution < -0.4 is 0 Å². The number of aryl methyl sites for hydroxylation is 1. The van der Waals surface area contributed by atoms with Crippen molar-refractivity contribution in [3.63, 3.8) is 0 Å². The van der Waals surface area contributed by atoms with Crippen LogP contribution >= 0.6 is 11.3 Å². The Bertz CT molecular complexity index is 678. The van der Waals surface area contributed by atoms with Gasteiger partial charge in [-0.1, -0.05) is 19.8 Å². The van der Waals surface area contributed by atoms with E-state index in [2.05, 4.69) is 23.9 Å². The summed E-state index contributed by atoms with van der Waals surface area (Å²) in [5, 5.41) is 6.90. The minimum atomic E-state index is 0.0673. The van der Waals surface area contributed by atoms with Crippen molar-refractivity contribution in [3.8, 4) is 10.6 Å². The molecule has 1 amide bonds. The molecular weight excluding hydrogens is 308 g/mol. The molecule has 124 valence electrons. The molecule has 0 saturated heterocycles. The number of hydrogen-bond donors (Lipinski definition) is 0. The van der Waals surface area contributed by atoms with Crippen molar-refractivity contribution >= 4 is 17.2 Å². The fraction of sp³-hybridized carbons (Fsp3) is 0.588. The lowest BCUT2D eigenvalue weighted by molar-refractivity contribution is 0.0565. The molecule has 2 atom stereocenters. The molecule has 1 saturated carbocycles. The van der Waals surface area contributed by atoms with Crippen molar-refractivity contribution in [3.05, 3.63) is 23.5 Å². The molecule has 0 unspecified atom stereocenters. The van der Waals surface area contributed by atoms with Crippen LogP contribution in [0.5, 0.6) is 0 Å². The van der Waals surface area contributed by atoms with E-state index < -0.39 is 0 Å². The first-order chi connectivity index (χ1) is 11.1. The molecule has 5 nitrogen and oxygen atoms in total. The zero-order valence-corrected chi connectivity index (χ0v) is 14.8. The minimum Gasteiger partial charge on any atom is -0.334 e. The van der Waals surface area contributed by atoms with Gasteiger partial charge in [-0.25, -0.2) is 4.98 Å². The van der Waals surface area contributed by atoms with Crippen LogP contribution in [-0.4, -0.2) is 38.2 Å². The summed E-state index contributed by atoms with van der Waals surface area (Å²) in [5.41, 5.74) is 1.53. The molecule has 0 aliphatic heterocycles. The summed E-state index contributed by atoms with van der Waals surface area (Å²) >= 11 is 1.51. The predicted octanol–water partition coefficient (Wildman–Crippen LogP) is 3.58. The Labute approximate surface area is 141 Å². The van der Waals surface area contributed by atoms with E-state index >= 15 is 0 Å². The topological polar surface area (TPSA) is 51.0 Å². The first-order valence-corrected chi connectivity index (χ1v) is 9.23. The van der Waals surface area contributed by atoms with E-state index in [0.29, 0.717) is 17.7 Å². The Hall–Kier alpha value is -1.69. The van der Waals surface area contributed by atoms with Gasteiger partial charge in [-0.3, -0.25) is 9.48 Å². The molecule has 1 aliphatic rings. The number of carbonyl (C=O) groups is 1. The van der Waals surface area contributed by atoms with Gasteiger partial charge in [0.05, 0.1) is 6.20 Å². The highest BCUT2D eigenvalue weighted by Gasteiger charge is 2.31. The molecule has 23 heavy (non-hydrogen) atoms. The van der Waals surface area contributed by atoms with Crippen molar-refractivity contribution in [2.45, 2.75) is 45.6 Å². The number of hydrogen-bond acceptors (Lipinski definition) is 4. The van der Waals surface area contributed by atoms with Crippen LogP contribution in [0, 0.1) is 5.92 Å². The number of nitrogens with zero attached hydrogens (tertiary/aromatic N) is 4. The van der Waals surface area contributed by atoms with Crippen LogP contribution in [0.25, 0.3) is 10.6 Å². The third kappa shape index (κ3) is 3.32. The van der Waals surface area contributed by atoms with Crippen LogP contribution in [0.1, 0.15) is 50.0 Å². The Morgan fingerprint density at radius 1 is 1.43 bits per heavy atom. The lowest BCUT2D eigenvalue weighted by Crippen LogP contribution is -2.45. The number of rotatable bonds is 4. The van der Waals surface area contributed by atoms with Gasteiger partial charge < -0.3 is 4.90 Å². The number of amides is 1. The van der Waals surface area contributed by atoms with Crippen LogP contribution in [-0.2, 0) is 7.05 Å². The molecule has 0 bridgehead atoms. The minimum absolute atomic E-state index is 0.0673. The van der Waals surface area contributed by atoms with E-state index in [4.69, 9.17) is 0 Å².